The number of nitrogens with zero attached hydrogens (tertiary/aromatic N) is 3. The van der Waals surface area contributed by atoms with Gasteiger partial charge in [0.25, 0.3) is 0 Å². The molecule has 0 unspecified atom stereocenters. The highest BCUT2D eigenvalue weighted by molar-refractivity contribution is 5.94. The molecular formula is C15H20N4O2. The van der Waals surface area contributed by atoms with Crippen molar-refractivity contribution in [1.29, 1.82) is 0 Å². The second kappa shape index (κ2) is 6.99. The predicted molar refractivity (Wildman–Crippen MR) is 79.5 cm³/mol. The average molecular weight is 288 g/mol. The Labute approximate surface area is 123 Å². The second-order valence-electron chi connectivity index (χ2n) is 4.76. The lowest BCUT2D eigenvalue weighted by molar-refractivity contribution is 0.101. The fraction of sp³-hybridized carbons (Fsp3) is 0.400. The number of hydrogen-bond donors (Lipinski definition) is 1. The monoisotopic (exact) mass is 288 g/mol. The summed E-state index contributed by atoms with van der Waals surface area (Å²) < 4.78 is 7.33. The number of carbonyl (C=O) groups excluding carboxylic acids is 1. The zero-order valence-corrected chi connectivity index (χ0v) is 12.4. The minimum Gasteiger partial charge on any atom is -0.494 e. The van der Waals surface area contributed by atoms with Crippen molar-refractivity contribution in [2.45, 2.75) is 26.8 Å². The van der Waals surface area contributed by atoms with Gasteiger partial charge in [0.15, 0.2) is 5.78 Å². The van der Waals surface area contributed by atoms with Crippen LogP contribution in [0.4, 0.5) is 0 Å². The molecule has 1 heterocycles. The van der Waals surface area contributed by atoms with Gasteiger partial charge in [-0.2, -0.15) is 0 Å². The van der Waals surface area contributed by atoms with E-state index in [4.69, 9.17) is 10.5 Å². The first-order valence-corrected chi connectivity index (χ1v) is 6.99. The van der Waals surface area contributed by atoms with Gasteiger partial charge in [0.05, 0.1) is 18.8 Å². The van der Waals surface area contributed by atoms with Crippen molar-refractivity contribution in [2.24, 2.45) is 5.73 Å². The molecule has 0 bridgehead atoms. The van der Waals surface area contributed by atoms with Crippen LogP contribution in [0.2, 0.25) is 0 Å². The Hall–Kier alpha value is -2.21. The van der Waals surface area contributed by atoms with Crippen molar-refractivity contribution < 1.29 is 9.53 Å². The highest BCUT2D eigenvalue weighted by Crippen LogP contribution is 2.21. The lowest BCUT2D eigenvalue weighted by Gasteiger charge is -2.11. The normalized spacial score (nSPS) is 10.6. The molecule has 0 aliphatic rings. The van der Waals surface area contributed by atoms with Crippen LogP contribution in [0, 0.1) is 0 Å². The van der Waals surface area contributed by atoms with Crippen molar-refractivity contribution in [2.75, 3.05) is 13.2 Å². The lowest BCUT2D eigenvalue weighted by atomic mass is 10.1. The first-order chi connectivity index (χ1) is 10.1. The van der Waals surface area contributed by atoms with E-state index in [2.05, 4.69) is 10.3 Å². The van der Waals surface area contributed by atoms with Gasteiger partial charge in [-0.3, -0.25) is 4.79 Å². The largest absolute Gasteiger partial charge is 0.494 e. The molecule has 6 nitrogen and oxygen atoms in total. The highest BCUT2D eigenvalue weighted by Gasteiger charge is 2.10. The number of nitrogens with two attached hydrogens (primary N) is 1. The van der Waals surface area contributed by atoms with Crippen LogP contribution in [-0.2, 0) is 13.0 Å². The van der Waals surface area contributed by atoms with Gasteiger partial charge in [0.2, 0.25) is 0 Å². The standard InChI is InChI=1S/C15H20N4O2/c1-3-21-15-5-4-12(11(2)20)8-13(15)9-19-10-14(6-7-16)17-18-19/h4-5,8,10H,3,6-7,9,16H2,1-2H3. The van der Waals surface area contributed by atoms with Crippen LogP contribution in [0.1, 0.15) is 35.5 Å². The van der Waals surface area contributed by atoms with E-state index in [1.54, 1.807) is 17.7 Å². The summed E-state index contributed by atoms with van der Waals surface area (Å²) in [5, 5.41) is 8.14. The summed E-state index contributed by atoms with van der Waals surface area (Å²) in [6, 6.07) is 5.45. The molecule has 0 atom stereocenters. The van der Waals surface area contributed by atoms with Crippen LogP contribution in [0.3, 0.4) is 0 Å². The Balaban J connectivity index is 2.26. The van der Waals surface area contributed by atoms with Gasteiger partial charge >= 0.3 is 0 Å². The summed E-state index contributed by atoms with van der Waals surface area (Å²) in [5.41, 5.74) is 7.94. The molecule has 0 aliphatic carbocycles. The number of carbonyl (C=O) groups is 1. The molecule has 6 heteroatoms. The predicted octanol–water partition coefficient (Wildman–Crippen LogP) is 1.43. The molecule has 0 radical (unpaired) electrons. The maximum atomic E-state index is 11.5. The zero-order chi connectivity index (χ0) is 15.2. The van der Waals surface area contributed by atoms with Crippen molar-refractivity contribution in [3.8, 4) is 5.75 Å². The second-order valence-corrected chi connectivity index (χ2v) is 4.76. The van der Waals surface area contributed by atoms with Crippen LogP contribution >= 0.6 is 0 Å². The molecule has 0 aliphatic heterocycles. The van der Waals surface area contributed by atoms with Gasteiger partial charge in [-0.15, -0.1) is 5.10 Å². The molecule has 1 aromatic carbocycles. The van der Waals surface area contributed by atoms with Crippen molar-refractivity contribution in [3.63, 3.8) is 0 Å². The van der Waals surface area contributed by atoms with Gasteiger partial charge in [-0.25, -0.2) is 4.68 Å². The SMILES string of the molecule is CCOc1ccc(C(C)=O)cc1Cn1cc(CCN)nn1. The Morgan fingerprint density at radius 3 is 2.90 bits per heavy atom. The summed E-state index contributed by atoms with van der Waals surface area (Å²) in [7, 11) is 0. The van der Waals surface area contributed by atoms with Gasteiger partial charge < -0.3 is 10.5 Å². The third kappa shape index (κ3) is 3.88. The molecule has 0 saturated heterocycles. The van der Waals surface area contributed by atoms with E-state index in [1.807, 2.05) is 25.3 Å². The molecule has 2 rings (SSSR count). The number of ether oxygens (including phenoxy) is 1. The van der Waals surface area contributed by atoms with Crippen LogP contribution in [0.15, 0.2) is 24.4 Å². The maximum absolute atomic E-state index is 11.5. The molecule has 2 aromatic rings. The first kappa shape index (κ1) is 15.2. The minimum atomic E-state index is 0.0294. The number of aromatic nitrogens is 3. The molecule has 0 saturated carbocycles. The molecule has 1 aromatic heterocycles. The number of rotatable bonds is 7. The molecule has 21 heavy (non-hydrogen) atoms. The van der Waals surface area contributed by atoms with Crippen molar-refractivity contribution in [3.05, 3.63) is 41.2 Å². The van der Waals surface area contributed by atoms with E-state index in [1.165, 1.54) is 0 Å². The lowest BCUT2D eigenvalue weighted by Crippen LogP contribution is -2.06. The summed E-state index contributed by atoms with van der Waals surface area (Å²) >= 11 is 0. The Kier molecular flexibility index (Phi) is 5.05. The first-order valence-electron chi connectivity index (χ1n) is 6.99. The van der Waals surface area contributed by atoms with Crippen molar-refractivity contribution >= 4 is 5.78 Å². The number of benzene rings is 1. The fourth-order valence-corrected chi connectivity index (χ4v) is 2.07. The van der Waals surface area contributed by atoms with E-state index in [0.29, 0.717) is 31.7 Å². The van der Waals surface area contributed by atoms with Gasteiger partial charge in [-0.05, 0) is 38.6 Å². The van der Waals surface area contributed by atoms with E-state index < -0.39 is 0 Å². The average Bonchev–Trinajstić information content (AvgIpc) is 2.88. The van der Waals surface area contributed by atoms with Gasteiger partial charge in [-0.1, -0.05) is 5.21 Å². The third-order valence-corrected chi connectivity index (χ3v) is 3.09. The molecule has 0 spiro atoms. The summed E-state index contributed by atoms with van der Waals surface area (Å²) in [6.45, 7) is 5.10. The van der Waals surface area contributed by atoms with Crippen LogP contribution in [-0.4, -0.2) is 33.9 Å². The minimum absolute atomic E-state index is 0.0294. The number of Topliss-reactive ketones (excluding diaryl/α,β-unsaturated/α-hetero) is 1. The maximum Gasteiger partial charge on any atom is 0.159 e. The zero-order valence-electron chi connectivity index (χ0n) is 12.4. The fourth-order valence-electron chi connectivity index (χ4n) is 2.07. The topological polar surface area (TPSA) is 83.0 Å². The van der Waals surface area contributed by atoms with Gasteiger partial charge in [0, 0.05) is 23.7 Å². The Morgan fingerprint density at radius 2 is 2.24 bits per heavy atom. The smallest absolute Gasteiger partial charge is 0.159 e. The van der Waals surface area contributed by atoms with Crippen molar-refractivity contribution in [1.82, 2.24) is 15.0 Å². The Morgan fingerprint density at radius 1 is 1.43 bits per heavy atom. The van der Waals surface area contributed by atoms with Crippen LogP contribution in [0.25, 0.3) is 0 Å². The summed E-state index contributed by atoms with van der Waals surface area (Å²) in [5.74, 6) is 0.792. The number of hydrogen-bond acceptors (Lipinski definition) is 5. The molecule has 2 N–H and O–H groups in total. The quantitative estimate of drug-likeness (QED) is 0.779. The molecule has 0 fully saturated rings. The number of ketones is 1. The molecule has 0 amide bonds. The Bertz CT molecular complexity index is 622. The summed E-state index contributed by atoms with van der Waals surface area (Å²) in [6.07, 6.45) is 2.56. The molecular weight excluding hydrogens is 268 g/mol. The van der Waals surface area contributed by atoms with E-state index >= 15 is 0 Å². The highest BCUT2D eigenvalue weighted by atomic mass is 16.5. The third-order valence-electron chi connectivity index (χ3n) is 3.09. The van der Waals surface area contributed by atoms with E-state index in [0.717, 1.165) is 17.0 Å². The molecule has 112 valence electrons. The van der Waals surface area contributed by atoms with Crippen LogP contribution in [0.5, 0.6) is 5.75 Å². The van der Waals surface area contributed by atoms with Crippen LogP contribution < -0.4 is 10.5 Å². The summed E-state index contributed by atoms with van der Waals surface area (Å²) in [4.78, 5) is 11.5. The van der Waals surface area contributed by atoms with E-state index in [9.17, 15) is 4.79 Å². The van der Waals surface area contributed by atoms with Gasteiger partial charge in [0.1, 0.15) is 5.75 Å². The van der Waals surface area contributed by atoms with E-state index in [-0.39, 0.29) is 5.78 Å².